The minimum absolute atomic E-state index is 0.424. The van der Waals surface area contributed by atoms with Crippen molar-refractivity contribution in [2.24, 2.45) is 29.6 Å². The number of halogens is 2. The highest BCUT2D eigenvalue weighted by Gasteiger charge is 2.39. The summed E-state index contributed by atoms with van der Waals surface area (Å²) in [4.78, 5) is 0. The Balaban J connectivity index is 1.28. The monoisotopic (exact) mass is 386 g/mol. The lowest BCUT2D eigenvalue weighted by Crippen LogP contribution is -2.34. The first-order valence-electron chi connectivity index (χ1n) is 11.7. The Morgan fingerprint density at radius 1 is 0.786 bits per heavy atom. The third-order valence-electron chi connectivity index (χ3n) is 8.41. The number of hydrogen-bond donors (Lipinski definition) is 0. The molecular formula is C26H36F2. The van der Waals surface area contributed by atoms with Gasteiger partial charge in [-0.25, -0.2) is 8.78 Å². The molecule has 154 valence electrons. The van der Waals surface area contributed by atoms with Crippen LogP contribution >= 0.6 is 0 Å². The maximum absolute atomic E-state index is 13.6. The summed E-state index contributed by atoms with van der Waals surface area (Å²) in [6, 6.07) is 4.55. The maximum Gasteiger partial charge on any atom is 0.159 e. The molecule has 3 aliphatic carbocycles. The largest absolute Gasteiger partial charge is 0.204 e. The van der Waals surface area contributed by atoms with Crippen LogP contribution in [0.5, 0.6) is 0 Å². The summed E-state index contributed by atoms with van der Waals surface area (Å²) in [5.41, 5.74) is 1.01. The minimum Gasteiger partial charge on any atom is -0.204 e. The number of hydrogen-bond acceptors (Lipinski definition) is 0. The Hall–Kier alpha value is -1.18. The smallest absolute Gasteiger partial charge is 0.159 e. The van der Waals surface area contributed by atoms with E-state index in [1.54, 1.807) is 6.07 Å². The molecule has 4 rings (SSSR count). The van der Waals surface area contributed by atoms with Gasteiger partial charge in [-0.1, -0.05) is 25.0 Å². The first-order chi connectivity index (χ1) is 13.6. The second-order valence-corrected chi connectivity index (χ2v) is 9.92. The van der Waals surface area contributed by atoms with Gasteiger partial charge in [0.1, 0.15) is 0 Å². The summed E-state index contributed by atoms with van der Waals surface area (Å²) in [6.45, 7) is 3.87. The third kappa shape index (κ3) is 4.52. The van der Waals surface area contributed by atoms with E-state index in [4.69, 9.17) is 0 Å². The standard InChI is InChI=1S/C26H36F2/c1-2-3-4-18-5-7-19(8-6-18)20-9-10-22-16-23(12-11-21(22)15-20)24-13-14-25(27)26(28)17-24/h2,13-14,17-23H,1,3-12,15-16H2. The molecule has 0 nitrogen and oxygen atoms in total. The summed E-state index contributed by atoms with van der Waals surface area (Å²) in [7, 11) is 0. The molecule has 0 spiro atoms. The Labute approximate surface area is 169 Å². The summed E-state index contributed by atoms with van der Waals surface area (Å²) >= 11 is 0. The summed E-state index contributed by atoms with van der Waals surface area (Å²) in [5.74, 6) is 3.53. The topological polar surface area (TPSA) is 0 Å². The highest BCUT2D eigenvalue weighted by molar-refractivity contribution is 5.22. The Morgan fingerprint density at radius 2 is 1.43 bits per heavy atom. The van der Waals surface area contributed by atoms with Gasteiger partial charge in [-0.05, 0) is 117 Å². The molecule has 2 heteroatoms. The average molecular weight is 387 g/mol. The fraction of sp³-hybridized carbons (Fsp3) is 0.692. The van der Waals surface area contributed by atoms with Gasteiger partial charge in [-0.2, -0.15) is 0 Å². The van der Waals surface area contributed by atoms with Crippen LogP contribution in [0.2, 0.25) is 0 Å². The van der Waals surface area contributed by atoms with Crippen molar-refractivity contribution in [1.82, 2.24) is 0 Å². The molecule has 1 aromatic carbocycles. The molecule has 4 atom stereocenters. The van der Waals surface area contributed by atoms with Crippen LogP contribution in [-0.2, 0) is 0 Å². The van der Waals surface area contributed by atoms with Gasteiger partial charge >= 0.3 is 0 Å². The van der Waals surface area contributed by atoms with Crippen molar-refractivity contribution in [3.8, 4) is 0 Å². The zero-order valence-electron chi connectivity index (χ0n) is 17.2. The van der Waals surface area contributed by atoms with E-state index >= 15 is 0 Å². The predicted molar refractivity (Wildman–Crippen MR) is 112 cm³/mol. The predicted octanol–water partition coefficient (Wildman–Crippen LogP) is 8.04. The SMILES string of the molecule is C=CCCC1CCC(C2CCC3CC(c4ccc(F)c(F)c4)CCC3C2)CC1. The van der Waals surface area contributed by atoms with E-state index in [-0.39, 0.29) is 0 Å². The number of allylic oxidation sites excluding steroid dienone is 1. The van der Waals surface area contributed by atoms with Crippen LogP contribution in [-0.4, -0.2) is 0 Å². The lowest BCUT2D eigenvalue weighted by atomic mass is 9.60. The molecule has 3 fully saturated rings. The van der Waals surface area contributed by atoms with Crippen LogP contribution in [0.3, 0.4) is 0 Å². The molecule has 1 aromatic rings. The van der Waals surface area contributed by atoms with Crippen LogP contribution in [0.4, 0.5) is 8.78 Å². The van der Waals surface area contributed by atoms with E-state index in [1.807, 2.05) is 0 Å². The maximum atomic E-state index is 13.6. The summed E-state index contributed by atoms with van der Waals surface area (Å²) < 4.78 is 26.9. The average Bonchev–Trinajstić information content (AvgIpc) is 2.74. The molecule has 0 bridgehead atoms. The molecule has 0 heterocycles. The zero-order chi connectivity index (χ0) is 19.5. The van der Waals surface area contributed by atoms with Crippen molar-refractivity contribution in [3.05, 3.63) is 48.1 Å². The number of benzene rings is 1. The van der Waals surface area contributed by atoms with Crippen LogP contribution in [0.25, 0.3) is 0 Å². The van der Waals surface area contributed by atoms with Crippen molar-refractivity contribution in [1.29, 1.82) is 0 Å². The second kappa shape index (κ2) is 9.09. The van der Waals surface area contributed by atoms with Crippen LogP contribution in [0, 0.1) is 41.2 Å². The number of fused-ring (bicyclic) bond motifs is 1. The van der Waals surface area contributed by atoms with Crippen molar-refractivity contribution in [3.63, 3.8) is 0 Å². The first kappa shape index (κ1) is 20.1. The van der Waals surface area contributed by atoms with Crippen molar-refractivity contribution < 1.29 is 8.78 Å². The lowest BCUT2D eigenvalue weighted by molar-refractivity contribution is 0.0713. The van der Waals surface area contributed by atoms with Gasteiger partial charge in [-0.3, -0.25) is 0 Å². The number of rotatable bonds is 5. The molecule has 0 amide bonds. The highest BCUT2D eigenvalue weighted by Crippen LogP contribution is 2.51. The molecule has 0 N–H and O–H groups in total. The molecule has 0 aliphatic heterocycles. The zero-order valence-corrected chi connectivity index (χ0v) is 17.2. The molecule has 4 unspecified atom stereocenters. The molecule has 0 aromatic heterocycles. The van der Waals surface area contributed by atoms with Crippen LogP contribution in [0.1, 0.15) is 88.5 Å². The Bertz CT molecular complexity index is 658. The van der Waals surface area contributed by atoms with Crippen molar-refractivity contribution in [2.75, 3.05) is 0 Å². The van der Waals surface area contributed by atoms with Gasteiger partial charge in [0.15, 0.2) is 11.6 Å². The molecule has 3 saturated carbocycles. The molecule has 28 heavy (non-hydrogen) atoms. The van der Waals surface area contributed by atoms with Gasteiger partial charge in [0.2, 0.25) is 0 Å². The van der Waals surface area contributed by atoms with Gasteiger partial charge < -0.3 is 0 Å². The second-order valence-electron chi connectivity index (χ2n) is 9.92. The fourth-order valence-corrected chi connectivity index (χ4v) is 6.72. The minimum atomic E-state index is -0.725. The first-order valence-corrected chi connectivity index (χ1v) is 11.7. The van der Waals surface area contributed by atoms with Gasteiger partial charge in [0, 0.05) is 0 Å². The van der Waals surface area contributed by atoms with Gasteiger partial charge in [-0.15, -0.1) is 6.58 Å². The normalized spacial score (nSPS) is 35.9. The van der Waals surface area contributed by atoms with Crippen LogP contribution in [0.15, 0.2) is 30.9 Å². The quantitative estimate of drug-likeness (QED) is 0.449. The summed E-state index contributed by atoms with van der Waals surface area (Å²) in [5, 5.41) is 0. The van der Waals surface area contributed by atoms with E-state index in [9.17, 15) is 8.78 Å². The van der Waals surface area contributed by atoms with Crippen molar-refractivity contribution >= 4 is 0 Å². The van der Waals surface area contributed by atoms with E-state index in [2.05, 4.69) is 12.7 Å². The lowest BCUT2D eigenvalue weighted by Gasteiger charge is -2.45. The highest BCUT2D eigenvalue weighted by atomic mass is 19.2. The van der Waals surface area contributed by atoms with Gasteiger partial charge in [0.25, 0.3) is 0 Å². The molecule has 0 radical (unpaired) electrons. The van der Waals surface area contributed by atoms with E-state index < -0.39 is 11.6 Å². The summed E-state index contributed by atoms with van der Waals surface area (Å²) in [6.07, 6.45) is 18.1. The van der Waals surface area contributed by atoms with Crippen LogP contribution < -0.4 is 0 Å². The molecule has 0 saturated heterocycles. The third-order valence-corrected chi connectivity index (χ3v) is 8.41. The van der Waals surface area contributed by atoms with Gasteiger partial charge in [0.05, 0.1) is 0 Å². The fourth-order valence-electron chi connectivity index (χ4n) is 6.72. The Morgan fingerprint density at radius 3 is 2.14 bits per heavy atom. The van der Waals surface area contributed by atoms with E-state index in [0.29, 0.717) is 5.92 Å². The Kier molecular flexibility index (Phi) is 6.53. The van der Waals surface area contributed by atoms with E-state index in [1.165, 1.54) is 82.8 Å². The van der Waals surface area contributed by atoms with Crippen molar-refractivity contribution in [2.45, 2.75) is 83.0 Å². The molecular weight excluding hydrogens is 350 g/mol. The van der Waals surface area contributed by atoms with E-state index in [0.717, 1.165) is 41.6 Å². The molecule has 3 aliphatic rings.